The van der Waals surface area contributed by atoms with Crippen LogP contribution in [0, 0.1) is 68.0 Å². The van der Waals surface area contributed by atoms with Crippen molar-refractivity contribution in [3.63, 3.8) is 0 Å². The van der Waals surface area contributed by atoms with Gasteiger partial charge < -0.3 is 0 Å². The van der Waals surface area contributed by atoms with Gasteiger partial charge in [0, 0.05) is 11.8 Å². The van der Waals surface area contributed by atoms with Crippen LogP contribution < -0.4 is 0 Å². The third kappa shape index (κ3) is 1.35. The second-order valence-corrected chi connectivity index (χ2v) is 4.59. The summed E-state index contributed by atoms with van der Waals surface area (Å²) in [6.45, 7) is 0. The van der Waals surface area contributed by atoms with Crippen LogP contribution in [0.25, 0.3) is 0 Å². The van der Waals surface area contributed by atoms with Gasteiger partial charge in [-0.15, -0.1) is 0 Å². The van der Waals surface area contributed by atoms with Crippen LogP contribution in [0.15, 0.2) is 36.5 Å². The molecule has 0 spiro atoms. The summed E-state index contributed by atoms with van der Waals surface area (Å²) in [5.41, 5.74) is -3.19. The number of allylic oxidation sites excluding steroid dienone is 6. The molecule has 0 heterocycles. The normalized spacial score (nSPS) is 33.9. The molecule has 0 bridgehead atoms. The van der Waals surface area contributed by atoms with Crippen LogP contribution >= 0.6 is 0 Å². The Balaban J connectivity index is 2.63. The van der Waals surface area contributed by atoms with Gasteiger partial charge in [-0.3, -0.25) is 0 Å². The van der Waals surface area contributed by atoms with Crippen LogP contribution in [0.3, 0.4) is 0 Å². The summed E-state index contributed by atoms with van der Waals surface area (Å²) in [6.07, 6.45) is 11.6. The molecule has 0 N–H and O–H groups in total. The van der Waals surface area contributed by atoms with E-state index in [0.717, 1.165) is 0 Å². The van der Waals surface area contributed by atoms with Crippen molar-refractivity contribution in [1.82, 2.24) is 0 Å². The van der Waals surface area contributed by atoms with Gasteiger partial charge in [0.1, 0.15) is 0 Å². The van der Waals surface area contributed by atoms with Gasteiger partial charge in [0.25, 0.3) is 0 Å². The van der Waals surface area contributed by atoms with E-state index < -0.39 is 22.7 Å². The number of nitrogens with zero attached hydrogens (tertiary/aromatic N) is 4. The minimum Gasteiger partial charge on any atom is -0.196 e. The molecule has 2 atom stereocenters. The maximum Gasteiger partial charge on any atom is 0.182 e. The maximum absolute atomic E-state index is 9.36. The van der Waals surface area contributed by atoms with Crippen LogP contribution in [-0.2, 0) is 0 Å². The quantitative estimate of drug-likeness (QED) is 0.613. The number of hydrogen-bond donors (Lipinski definition) is 0. The predicted molar refractivity (Wildman–Crippen MR) is 66.3 cm³/mol. The molecule has 2 aliphatic carbocycles. The van der Waals surface area contributed by atoms with Gasteiger partial charge in [-0.25, -0.2) is 0 Å². The van der Waals surface area contributed by atoms with Gasteiger partial charge >= 0.3 is 0 Å². The molecule has 0 aromatic carbocycles. The summed E-state index contributed by atoms with van der Waals surface area (Å²) >= 11 is 0. The van der Waals surface area contributed by atoms with Crippen molar-refractivity contribution in [2.45, 2.75) is 6.42 Å². The molecule has 0 amide bonds. The molecule has 0 aromatic rings. The Morgan fingerprint density at radius 3 is 1.79 bits per heavy atom. The number of nitriles is 4. The van der Waals surface area contributed by atoms with Crippen LogP contribution in [0.4, 0.5) is 0 Å². The van der Waals surface area contributed by atoms with E-state index in [1.54, 1.807) is 18.2 Å². The average Bonchev–Trinajstić information content (AvgIpc) is 2.54. The minimum atomic E-state index is -1.60. The van der Waals surface area contributed by atoms with Crippen LogP contribution in [0.2, 0.25) is 0 Å². The fourth-order valence-electron chi connectivity index (χ4n) is 2.84. The van der Waals surface area contributed by atoms with Crippen LogP contribution in [0.1, 0.15) is 6.42 Å². The monoisotopic (exact) mass is 246 g/mol. The lowest BCUT2D eigenvalue weighted by Gasteiger charge is -2.53. The SMILES string of the molecule is N#CC1(C#N)[C@@H]2/C=C\C=C/C/C=C\[C@@H]2C1(C#N)C#N. The van der Waals surface area contributed by atoms with E-state index in [9.17, 15) is 21.0 Å². The first-order chi connectivity index (χ1) is 9.22. The van der Waals surface area contributed by atoms with Crippen molar-refractivity contribution in [2.24, 2.45) is 22.7 Å². The van der Waals surface area contributed by atoms with Gasteiger partial charge in [0.2, 0.25) is 0 Å². The van der Waals surface area contributed by atoms with Gasteiger partial charge in [0.05, 0.1) is 24.3 Å². The maximum atomic E-state index is 9.36. The van der Waals surface area contributed by atoms with E-state index in [4.69, 9.17) is 0 Å². The van der Waals surface area contributed by atoms with Crippen molar-refractivity contribution in [2.75, 3.05) is 0 Å². The lowest BCUT2D eigenvalue weighted by atomic mass is 9.39. The van der Waals surface area contributed by atoms with E-state index in [1.165, 1.54) is 0 Å². The zero-order valence-corrected chi connectivity index (χ0v) is 10.1. The molecule has 0 aromatic heterocycles. The van der Waals surface area contributed by atoms with E-state index >= 15 is 0 Å². The Morgan fingerprint density at radius 1 is 0.737 bits per heavy atom. The number of rotatable bonds is 0. The highest BCUT2D eigenvalue weighted by atomic mass is 14.7. The highest BCUT2D eigenvalue weighted by molar-refractivity contribution is 5.48. The van der Waals surface area contributed by atoms with Gasteiger partial charge in [-0.05, 0) is 6.42 Å². The van der Waals surface area contributed by atoms with E-state index in [2.05, 4.69) is 0 Å². The topological polar surface area (TPSA) is 95.2 Å². The molecule has 4 heteroatoms. The Kier molecular flexibility index (Phi) is 2.96. The molecule has 4 nitrogen and oxygen atoms in total. The minimum absolute atomic E-state index is 0.419. The fraction of sp³-hybridized carbons (Fsp3) is 0.333. The van der Waals surface area contributed by atoms with Gasteiger partial charge in [0.15, 0.2) is 10.8 Å². The fourth-order valence-corrected chi connectivity index (χ4v) is 2.84. The van der Waals surface area contributed by atoms with Crippen LogP contribution in [-0.4, -0.2) is 0 Å². The lowest BCUT2D eigenvalue weighted by Crippen LogP contribution is -2.62. The molecule has 19 heavy (non-hydrogen) atoms. The molecule has 2 aliphatic rings. The molecule has 0 unspecified atom stereocenters. The van der Waals surface area contributed by atoms with Gasteiger partial charge in [-0.1, -0.05) is 36.5 Å². The summed E-state index contributed by atoms with van der Waals surface area (Å²) in [6, 6.07) is 7.65. The summed E-state index contributed by atoms with van der Waals surface area (Å²) in [5, 5.41) is 37.4. The first-order valence-electron chi connectivity index (χ1n) is 5.87. The predicted octanol–water partition coefficient (Wildman–Crippen LogP) is 2.37. The Morgan fingerprint density at radius 2 is 1.26 bits per heavy atom. The summed E-state index contributed by atoms with van der Waals surface area (Å²) < 4.78 is 0. The molecular formula is C15H10N4. The van der Waals surface area contributed by atoms with Gasteiger partial charge in [-0.2, -0.15) is 21.0 Å². The number of fused-ring (bicyclic) bond motifs is 1. The molecular weight excluding hydrogens is 236 g/mol. The molecule has 90 valence electrons. The van der Waals surface area contributed by atoms with Crippen molar-refractivity contribution in [3.8, 4) is 24.3 Å². The Hall–Kier alpha value is -2.82. The van der Waals surface area contributed by atoms with Crippen molar-refractivity contribution in [1.29, 1.82) is 21.0 Å². The molecule has 0 radical (unpaired) electrons. The zero-order chi connectivity index (χ0) is 13.9. The molecule has 2 rings (SSSR count). The molecule has 0 aliphatic heterocycles. The summed E-state index contributed by atoms with van der Waals surface area (Å²) in [4.78, 5) is 0. The average molecular weight is 246 g/mol. The Labute approximate surface area is 111 Å². The van der Waals surface area contributed by atoms with Crippen molar-refractivity contribution >= 4 is 0 Å². The molecule has 1 fully saturated rings. The smallest absolute Gasteiger partial charge is 0.182 e. The first-order valence-corrected chi connectivity index (χ1v) is 5.87. The van der Waals surface area contributed by atoms with E-state index in [1.807, 2.05) is 42.5 Å². The van der Waals surface area contributed by atoms with E-state index in [-0.39, 0.29) is 0 Å². The second-order valence-electron chi connectivity index (χ2n) is 4.59. The second kappa shape index (κ2) is 4.45. The summed E-state index contributed by atoms with van der Waals surface area (Å²) in [5.74, 6) is -0.848. The molecule has 1 saturated carbocycles. The third-order valence-corrected chi connectivity index (χ3v) is 3.90. The third-order valence-electron chi connectivity index (χ3n) is 3.90. The standard InChI is InChI=1S/C15H10N4/c16-8-14(9-17)12-6-4-2-1-3-5-7-13(12)15(14,10-18)11-19/h1-2,4-7,12-13H,3H2/b2-1-,6-4-,7-5-/t12-,13+/m1/s1. The lowest BCUT2D eigenvalue weighted by molar-refractivity contribution is 0.00684. The first kappa shape index (κ1) is 12.6. The van der Waals surface area contributed by atoms with Crippen molar-refractivity contribution < 1.29 is 0 Å². The van der Waals surface area contributed by atoms with Crippen LogP contribution in [0.5, 0.6) is 0 Å². The van der Waals surface area contributed by atoms with E-state index in [0.29, 0.717) is 6.42 Å². The zero-order valence-electron chi connectivity index (χ0n) is 10.1. The number of hydrogen-bond acceptors (Lipinski definition) is 4. The highest BCUT2D eigenvalue weighted by Crippen LogP contribution is 2.65. The Bertz CT molecular complexity index is 612. The summed E-state index contributed by atoms with van der Waals surface area (Å²) in [7, 11) is 0. The largest absolute Gasteiger partial charge is 0.196 e. The highest BCUT2D eigenvalue weighted by Gasteiger charge is 2.74. The van der Waals surface area contributed by atoms with Crippen molar-refractivity contribution in [3.05, 3.63) is 36.5 Å². The molecule has 0 saturated heterocycles.